The lowest BCUT2D eigenvalue weighted by Gasteiger charge is -2.06. The molecule has 0 bridgehead atoms. The number of hydrogen-bond donors (Lipinski definition) is 0. The van der Waals surface area contributed by atoms with Crippen LogP contribution in [0.15, 0.2) is 0 Å². The van der Waals surface area contributed by atoms with E-state index in [1.54, 1.807) is 6.92 Å². The van der Waals surface area contributed by atoms with Crippen LogP contribution < -0.4 is 0 Å². The highest BCUT2D eigenvalue weighted by Crippen LogP contribution is 2.39. The van der Waals surface area contributed by atoms with Gasteiger partial charge in [0.1, 0.15) is 0 Å². The maximum absolute atomic E-state index is 12.8. The summed E-state index contributed by atoms with van der Waals surface area (Å²) in [6.07, 6.45) is -0.217. The first-order valence-electron chi connectivity index (χ1n) is 3.28. The van der Waals surface area contributed by atoms with Gasteiger partial charge in [0.05, 0.1) is 0 Å². The van der Waals surface area contributed by atoms with E-state index in [-0.39, 0.29) is 18.2 Å². The van der Waals surface area contributed by atoms with Crippen LogP contribution in [0.1, 0.15) is 25.1 Å². The predicted molar refractivity (Wildman–Crippen MR) is 31.0 cm³/mol. The van der Waals surface area contributed by atoms with Crippen molar-refractivity contribution < 1.29 is 8.78 Å². The van der Waals surface area contributed by atoms with Gasteiger partial charge in [0, 0.05) is 12.3 Å². The summed E-state index contributed by atoms with van der Waals surface area (Å²) >= 11 is 0. The third kappa shape index (κ3) is 0.749. The Morgan fingerprint density at radius 1 is 1.64 bits per heavy atom. The number of tetrazole rings is 1. The highest BCUT2D eigenvalue weighted by atomic mass is 19.3. The second-order valence-electron chi connectivity index (χ2n) is 2.72. The number of alkyl halides is 2. The SMILES string of the molecule is C[C@@H]1CC(F)(F)n2nnnc21. The van der Waals surface area contributed by atoms with E-state index in [1.807, 2.05) is 0 Å². The van der Waals surface area contributed by atoms with Crippen LogP contribution in [-0.4, -0.2) is 20.2 Å². The first-order chi connectivity index (χ1) is 5.11. The van der Waals surface area contributed by atoms with Gasteiger partial charge in [-0.05, 0) is 10.4 Å². The van der Waals surface area contributed by atoms with Crippen LogP contribution in [0.5, 0.6) is 0 Å². The summed E-state index contributed by atoms with van der Waals surface area (Å²) in [6.45, 7) is 1.68. The lowest BCUT2D eigenvalue weighted by Crippen LogP contribution is -2.19. The molecule has 0 unspecified atom stereocenters. The summed E-state index contributed by atoms with van der Waals surface area (Å²) in [4.78, 5) is 0. The third-order valence-electron chi connectivity index (χ3n) is 1.80. The molecule has 11 heavy (non-hydrogen) atoms. The standard InChI is InChI=1S/C5H6F2N4/c1-3-2-5(6,7)11-4(3)8-9-10-11/h3H,2H2,1H3/t3-/m1/s1. The van der Waals surface area contributed by atoms with E-state index in [1.165, 1.54) is 0 Å². The summed E-state index contributed by atoms with van der Waals surface area (Å²) < 4.78 is 26.3. The summed E-state index contributed by atoms with van der Waals surface area (Å²) in [5.74, 6) is 0.0231. The maximum atomic E-state index is 12.8. The number of hydrogen-bond acceptors (Lipinski definition) is 3. The molecule has 1 aliphatic heterocycles. The van der Waals surface area contributed by atoms with Crippen LogP contribution in [0.3, 0.4) is 0 Å². The summed E-state index contributed by atoms with van der Waals surface area (Å²) in [5, 5.41) is 9.87. The fraction of sp³-hybridized carbons (Fsp3) is 0.800. The molecule has 60 valence electrons. The number of fused-ring (bicyclic) bond motifs is 1. The molecule has 1 aromatic heterocycles. The molecule has 0 spiro atoms. The predicted octanol–water partition coefficient (Wildman–Crippen LogP) is 0.730. The fourth-order valence-electron chi connectivity index (χ4n) is 1.28. The zero-order valence-electron chi connectivity index (χ0n) is 5.83. The molecule has 2 rings (SSSR count). The third-order valence-corrected chi connectivity index (χ3v) is 1.80. The molecule has 1 aromatic rings. The van der Waals surface area contributed by atoms with Gasteiger partial charge in [-0.25, -0.2) is 0 Å². The number of halogens is 2. The molecule has 0 saturated carbocycles. The highest BCUT2D eigenvalue weighted by molar-refractivity contribution is 5.00. The van der Waals surface area contributed by atoms with Crippen molar-refractivity contribution >= 4 is 0 Å². The summed E-state index contributed by atoms with van der Waals surface area (Å²) in [6, 6.07) is -2.89. The minimum Gasteiger partial charge on any atom is -0.181 e. The van der Waals surface area contributed by atoms with E-state index in [0.29, 0.717) is 4.68 Å². The van der Waals surface area contributed by atoms with Crippen molar-refractivity contribution in [2.75, 3.05) is 0 Å². The molecule has 0 fully saturated rings. The molecule has 0 aromatic carbocycles. The molecule has 0 N–H and O–H groups in total. The number of nitrogens with zero attached hydrogens (tertiary/aromatic N) is 4. The zero-order chi connectivity index (χ0) is 8.06. The molecule has 2 heterocycles. The molecule has 0 aliphatic carbocycles. The molecular formula is C5H6F2N4. The molecule has 0 amide bonds. The summed E-state index contributed by atoms with van der Waals surface area (Å²) in [5.41, 5.74) is 0. The average Bonchev–Trinajstić information content (AvgIpc) is 2.37. The first kappa shape index (κ1) is 6.63. The minimum atomic E-state index is -2.89. The van der Waals surface area contributed by atoms with E-state index in [9.17, 15) is 8.78 Å². The Labute approximate surface area is 61.2 Å². The Kier molecular flexibility index (Phi) is 1.05. The Morgan fingerprint density at radius 2 is 2.36 bits per heavy atom. The van der Waals surface area contributed by atoms with Crippen molar-refractivity contribution in [3.8, 4) is 0 Å². The van der Waals surface area contributed by atoms with Gasteiger partial charge in [-0.1, -0.05) is 6.92 Å². The summed E-state index contributed by atoms with van der Waals surface area (Å²) in [7, 11) is 0. The van der Waals surface area contributed by atoms with Gasteiger partial charge in [-0.15, -0.1) is 5.10 Å². The quantitative estimate of drug-likeness (QED) is 0.561. The molecule has 0 radical (unpaired) electrons. The number of aromatic nitrogens is 4. The topological polar surface area (TPSA) is 43.6 Å². The average molecular weight is 160 g/mol. The van der Waals surface area contributed by atoms with Crippen molar-refractivity contribution in [3.05, 3.63) is 5.82 Å². The van der Waals surface area contributed by atoms with Crippen LogP contribution in [-0.2, 0) is 6.05 Å². The Hall–Kier alpha value is -1.07. The second-order valence-corrected chi connectivity index (χ2v) is 2.72. The van der Waals surface area contributed by atoms with Gasteiger partial charge in [-0.2, -0.15) is 13.5 Å². The van der Waals surface area contributed by atoms with Crippen LogP contribution in [0, 0.1) is 0 Å². The van der Waals surface area contributed by atoms with Crippen molar-refractivity contribution in [2.24, 2.45) is 0 Å². The Morgan fingerprint density at radius 3 is 3.00 bits per heavy atom. The van der Waals surface area contributed by atoms with Crippen molar-refractivity contribution in [1.82, 2.24) is 20.2 Å². The van der Waals surface area contributed by atoms with E-state index in [2.05, 4.69) is 15.5 Å². The molecule has 0 saturated heterocycles. The Balaban J connectivity index is 2.54. The Bertz CT molecular complexity index is 282. The smallest absolute Gasteiger partial charge is 0.181 e. The van der Waals surface area contributed by atoms with Crippen molar-refractivity contribution in [3.63, 3.8) is 0 Å². The lowest BCUT2D eigenvalue weighted by molar-refractivity contribution is -0.0866. The lowest BCUT2D eigenvalue weighted by atomic mass is 10.1. The van der Waals surface area contributed by atoms with E-state index in [4.69, 9.17) is 0 Å². The minimum absolute atomic E-state index is 0.217. The zero-order valence-corrected chi connectivity index (χ0v) is 5.83. The van der Waals surface area contributed by atoms with Crippen molar-refractivity contribution in [2.45, 2.75) is 25.3 Å². The fourth-order valence-corrected chi connectivity index (χ4v) is 1.28. The van der Waals surface area contributed by atoms with Crippen LogP contribution in [0.4, 0.5) is 8.78 Å². The van der Waals surface area contributed by atoms with Crippen LogP contribution in [0.2, 0.25) is 0 Å². The molecule has 4 nitrogen and oxygen atoms in total. The van der Waals surface area contributed by atoms with Gasteiger partial charge in [-0.3, -0.25) is 0 Å². The largest absolute Gasteiger partial charge is 0.347 e. The van der Waals surface area contributed by atoms with Gasteiger partial charge in [0.15, 0.2) is 5.82 Å². The number of rotatable bonds is 0. The van der Waals surface area contributed by atoms with Crippen molar-refractivity contribution in [1.29, 1.82) is 0 Å². The monoisotopic (exact) mass is 160 g/mol. The van der Waals surface area contributed by atoms with E-state index in [0.717, 1.165) is 0 Å². The van der Waals surface area contributed by atoms with Crippen LogP contribution in [0.25, 0.3) is 0 Å². The maximum Gasteiger partial charge on any atom is 0.347 e. The van der Waals surface area contributed by atoms with Gasteiger partial charge < -0.3 is 0 Å². The van der Waals surface area contributed by atoms with Crippen LogP contribution >= 0.6 is 0 Å². The van der Waals surface area contributed by atoms with Gasteiger partial charge in [0.2, 0.25) is 0 Å². The molecule has 1 aliphatic rings. The van der Waals surface area contributed by atoms with Gasteiger partial charge >= 0.3 is 6.05 Å². The second kappa shape index (κ2) is 1.75. The first-order valence-corrected chi connectivity index (χ1v) is 3.28. The normalized spacial score (nSPS) is 27.0. The van der Waals surface area contributed by atoms with Gasteiger partial charge in [0.25, 0.3) is 0 Å². The molecule has 1 atom stereocenters. The van der Waals surface area contributed by atoms with E-state index >= 15 is 0 Å². The molecular weight excluding hydrogens is 154 g/mol. The van der Waals surface area contributed by atoms with E-state index < -0.39 is 6.05 Å². The highest BCUT2D eigenvalue weighted by Gasteiger charge is 2.45. The molecule has 6 heteroatoms.